The Bertz CT molecular complexity index is 508. The van der Waals surface area contributed by atoms with Crippen LogP contribution in [0.15, 0.2) is 18.5 Å². The summed E-state index contributed by atoms with van der Waals surface area (Å²) in [6.07, 6.45) is 3.52. The van der Waals surface area contributed by atoms with Crippen LogP contribution in [0.5, 0.6) is 0 Å². The Morgan fingerprint density at radius 3 is 3.15 bits per heavy atom. The molecule has 0 aliphatic carbocycles. The van der Waals surface area contributed by atoms with E-state index >= 15 is 0 Å². The van der Waals surface area contributed by atoms with Crippen molar-refractivity contribution in [2.24, 2.45) is 0 Å². The van der Waals surface area contributed by atoms with Crippen LogP contribution in [0, 0.1) is 11.3 Å². The molecule has 0 N–H and O–H groups in total. The first-order valence-corrected chi connectivity index (χ1v) is 3.55. The van der Waals surface area contributed by atoms with E-state index in [1.807, 2.05) is 6.07 Å². The van der Waals surface area contributed by atoms with Gasteiger partial charge < -0.3 is 0 Å². The normalized spacial score (nSPS) is 9.77. The molecule has 2 rings (SSSR count). The second kappa shape index (κ2) is 2.68. The van der Waals surface area contributed by atoms with E-state index in [-0.39, 0.29) is 0 Å². The molecule has 2 aromatic heterocycles. The molecule has 2 heterocycles. The lowest BCUT2D eigenvalue weighted by Gasteiger charge is -1.93. The van der Waals surface area contributed by atoms with Gasteiger partial charge in [-0.1, -0.05) is 0 Å². The number of nitriles is 1. The molecular weight excluding hydrogens is 168 g/mol. The minimum atomic E-state index is 0.359. The highest BCUT2D eigenvalue weighted by atomic mass is 16.1. The van der Waals surface area contributed by atoms with Gasteiger partial charge in [-0.2, -0.15) is 10.4 Å². The molecule has 0 saturated heterocycles. The number of hydrogen-bond acceptors (Lipinski definition) is 4. The van der Waals surface area contributed by atoms with Crippen molar-refractivity contribution in [3.8, 4) is 6.07 Å². The maximum absolute atomic E-state index is 10.5. The molecule has 0 bridgehead atoms. The van der Waals surface area contributed by atoms with Gasteiger partial charge >= 0.3 is 0 Å². The molecule has 0 atom stereocenters. The third-order valence-electron chi connectivity index (χ3n) is 1.67. The third kappa shape index (κ3) is 0.964. The number of carbonyl (C=O) groups excluding carboxylic acids is 1. The van der Waals surface area contributed by atoms with E-state index in [1.165, 1.54) is 23.0 Å². The standard InChI is InChI=1S/C8H4N4O/c9-3-7-1-2-10-8-6(5-13)4-11-12(7)8/h1-2,4-5H. The van der Waals surface area contributed by atoms with Crippen molar-refractivity contribution in [3.05, 3.63) is 29.7 Å². The number of nitrogens with zero attached hydrogens (tertiary/aromatic N) is 4. The molecule has 0 aromatic carbocycles. The number of fused-ring (bicyclic) bond motifs is 1. The summed E-state index contributed by atoms with van der Waals surface area (Å²) in [7, 11) is 0. The van der Waals surface area contributed by atoms with Crippen molar-refractivity contribution >= 4 is 11.9 Å². The Morgan fingerprint density at radius 2 is 2.46 bits per heavy atom. The van der Waals surface area contributed by atoms with Gasteiger partial charge in [-0.3, -0.25) is 4.79 Å². The lowest BCUT2D eigenvalue weighted by atomic mass is 10.3. The Morgan fingerprint density at radius 1 is 1.62 bits per heavy atom. The lowest BCUT2D eigenvalue weighted by molar-refractivity contribution is 0.112. The Hall–Kier alpha value is -2.22. The fraction of sp³-hybridized carbons (Fsp3) is 0. The lowest BCUT2D eigenvalue weighted by Crippen LogP contribution is -1.95. The second-order valence-electron chi connectivity index (χ2n) is 2.40. The molecule has 5 nitrogen and oxygen atoms in total. The molecule has 13 heavy (non-hydrogen) atoms. The van der Waals surface area contributed by atoms with E-state index in [2.05, 4.69) is 10.1 Å². The summed E-state index contributed by atoms with van der Waals surface area (Å²) in [6.45, 7) is 0. The first-order valence-electron chi connectivity index (χ1n) is 3.55. The second-order valence-corrected chi connectivity index (χ2v) is 2.40. The summed E-state index contributed by atoms with van der Waals surface area (Å²) in [6, 6.07) is 3.49. The van der Waals surface area contributed by atoms with Gasteiger partial charge in [-0.25, -0.2) is 9.50 Å². The molecule has 0 radical (unpaired) electrons. The minimum Gasteiger partial charge on any atom is -0.298 e. The average molecular weight is 172 g/mol. The zero-order valence-electron chi connectivity index (χ0n) is 6.51. The number of rotatable bonds is 1. The molecule has 0 aliphatic rings. The smallest absolute Gasteiger partial charge is 0.167 e. The molecule has 0 unspecified atom stereocenters. The van der Waals surface area contributed by atoms with E-state index in [4.69, 9.17) is 5.26 Å². The SMILES string of the molecule is N#Cc1ccnc2c(C=O)cnn12. The predicted octanol–water partition coefficient (Wildman–Crippen LogP) is 0.413. The van der Waals surface area contributed by atoms with Crippen LogP contribution in [0.3, 0.4) is 0 Å². The van der Waals surface area contributed by atoms with Gasteiger partial charge in [0, 0.05) is 6.20 Å². The molecule has 2 aromatic rings. The quantitative estimate of drug-likeness (QED) is 0.584. The maximum Gasteiger partial charge on any atom is 0.167 e. The summed E-state index contributed by atoms with van der Waals surface area (Å²) in [4.78, 5) is 14.4. The van der Waals surface area contributed by atoms with Crippen molar-refractivity contribution in [2.75, 3.05) is 0 Å². The Balaban J connectivity index is 2.88. The Labute approximate surface area is 73.2 Å². The largest absolute Gasteiger partial charge is 0.298 e. The first-order chi connectivity index (χ1) is 6.36. The van der Waals surface area contributed by atoms with Crippen molar-refractivity contribution in [2.45, 2.75) is 0 Å². The molecule has 5 heteroatoms. The van der Waals surface area contributed by atoms with Crippen LogP contribution in [-0.2, 0) is 0 Å². The summed E-state index contributed by atoms with van der Waals surface area (Å²) >= 11 is 0. The van der Waals surface area contributed by atoms with Crippen molar-refractivity contribution in [3.63, 3.8) is 0 Å². The molecule has 0 saturated carbocycles. The third-order valence-corrected chi connectivity index (χ3v) is 1.67. The number of aromatic nitrogens is 3. The molecule has 0 spiro atoms. The van der Waals surface area contributed by atoms with Crippen molar-refractivity contribution in [1.29, 1.82) is 5.26 Å². The monoisotopic (exact) mass is 172 g/mol. The minimum absolute atomic E-state index is 0.359. The number of aldehydes is 1. The maximum atomic E-state index is 10.5. The van der Waals surface area contributed by atoms with E-state index in [0.29, 0.717) is 23.2 Å². The van der Waals surface area contributed by atoms with Crippen LogP contribution < -0.4 is 0 Å². The van der Waals surface area contributed by atoms with Gasteiger partial charge in [0.25, 0.3) is 0 Å². The Kier molecular flexibility index (Phi) is 1.53. The van der Waals surface area contributed by atoms with Gasteiger partial charge in [-0.15, -0.1) is 0 Å². The van der Waals surface area contributed by atoms with E-state index in [1.54, 1.807) is 0 Å². The summed E-state index contributed by atoms with van der Waals surface area (Å²) < 4.78 is 1.34. The van der Waals surface area contributed by atoms with Crippen LogP contribution >= 0.6 is 0 Å². The highest BCUT2D eigenvalue weighted by Crippen LogP contribution is 2.06. The van der Waals surface area contributed by atoms with Gasteiger partial charge in [0.15, 0.2) is 11.9 Å². The van der Waals surface area contributed by atoms with Crippen LogP contribution in [0.4, 0.5) is 0 Å². The fourth-order valence-electron chi connectivity index (χ4n) is 1.08. The first kappa shape index (κ1) is 7.43. The zero-order chi connectivity index (χ0) is 9.26. The fourth-order valence-corrected chi connectivity index (χ4v) is 1.08. The highest BCUT2D eigenvalue weighted by Gasteiger charge is 2.06. The summed E-state index contributed by atoms with van der Waals surface area (Å²) in [5.74, 6) is 0. The van der Waals surface area contributed by atoms with Crippen molar-refractivity contribution in [1.82, 2.24) is 14.6 Å². The molecule has 62 valence electrons. The van der Waals surface area contributed by atoms with Gasteiger partial charge in [0.2, 0.25) is 0 Å². The van der Waals surface area contributed by atoms with Crippen LogP contribution in [0.1, 0.15) is 16.1 Å². The topological polar surface area (TPSA) is 71.0 Å². The van der Waals surface area contributed by atoms with Gasteiger partial charge in [0.1, 0.15) is 11.8 Å². The van der Waals surface area contributed by atoms with E-state index in [9.17, 15) is 4.79 Å². The van der Waals surface area contributed by atoms with E-state index in [0.717, 1.165) is 0 Å². The van der Waals surface area contributed by atoms with Crippen molar-refractivity contribution < 1.29 is 4.79 Å². The summed E-state index contributed by atoms with van der Waals surface area (Å²) in [5, 5.41) is 12.6. The summed E-state index contributed by atoms with van der Waals surface area (Å²) in [5.41, 5.74) is 1.16. The van der Waals surface area contributed by atoms with Gasteiger partial charge in [0.05, 0.1) is 11.8 Å². The predicted molar refractivity (Wildman–Crippen MR) is 43.1 cm³/mol. The zero-order valence-corrected chi connectivity index (χ0v) is 6.51. The highest BCUT2D eigenvalue weighted by molar-refractivity contribution is 5.83. The van der Waals surface area contributed by atoms with Crippen LogP contribution in [-0.4, -0.2) is 20.9 Å². The molecule has 0 aliphatic heterocycles. The molecule has 0 amide bonds. The average Bonchev–Trinajstić information content (AvgIpc) is 2.60. The number of carbonyl (C=O) groups is 1. The van der Waals surface area contributed by atoms with Crippen LogP contribution in [0.2, 0.25) is 0 Å². The van der Waals surface area contributed by atoms with Crippen LogP contribution in [0.25, 0.3) is 5.65 Å². The van der Waals surface area contributed by atoms with E-state index < -0.39 is 0 Å². The van der Waals surface area contributed by atoms with Gasteiger partial charge in [-0.05, 0) is 6.07 Å². The molecular formula is C8H4N4O. The molecule has 0 fully saturated rings. The number of hydrogen-bond donors (Lipinski definition) is 0.